The van der Waals surface area contributed by atoms with Crippen molar-refractivity contribution in [2.75, 3.05) is 6.61 Å². The largest absolute Gasteiger partial charge is 0.466 e. The molecule has 0 bridgehead atoms. The number of esters is 1. The van der Waals surface area contributed by atoms with E-state index in [4.69, 9.17) is 4.74 Å². The molecule has 1 aromatic carbocycles. The number of carbonyl (C=O) groups is 2. The Morgan fingerprint density at radius 3 is 2.35 bits per heavy atom. The fraction of sp³-hybridized carbons (Fsp3) is 0.500. The monoisotopic (exact) mass is 388 g/mol. The van der Waals surface area contributed by atoms with E-state index in [1.54, 1.807) is 0 Å². The number of rotatable bonds is 9. The molecular formula is C16H21IO3. The van der Waals surface area contributed by atoms with Crippen molar-refractivity contribution in [3.8, 4) is 0 Å². The summed E-state index contributed by atoms with van der Waals surface area (Å²) in [5, 5.41) is 0. The highest BCUT2D eigenvalue weighted by molar-refractivity contribution is 14.1. The highest BCUT2D eigenvalue weighted by Gasteiger charge is 2.08. The van der Waals surface area contributed by atoms with Crippen LogP contribution in [0.5, 0.6) is 0 Å². The number of ketones is 1. The number of halogens is 1. The number of hydrogen-bond donors (Lipinski definition) is 0. The van der Waals surface area contributed by atoms with E-state index in [1.165, 1.54) is 0 Å². The summed E-state index contributed by atoms with van der Waals surface area (Å²) in [6, 6.07) is 7.67. The first-order valence-corrected chi connectivity index (χ1v) is 8.16. The Bertz CT molecular complexity index is 443. The van der Waals surface area contributed by atoms with Crippen molar-refractivity contribution in [1.29, 1.82) is 0 Å². The van der Waals surface area contributed by atoms with Crippen LogP contribution in [0, 0.1) is 3.57 Å². The van der Waals surface area contributed by atoms with Gasteiger partial charge in [-0.05, 0) is 48.4 Å². The predicted molar refractivity (Wildman–Crippen MR) is 87.8 cm³/mol. The molecule has 0 unspecified atom stereocenters. The molecule has 1 aromatic rings. The lowest BCUT2D eigenvalue weighted by molar-refractivity contribution is -0.143. The molecule has 0 aliphatic rings. The molecule has 0 aliphatic heterocycles. The van der Waals surface area contributed by atoms with E-state index in [0.29, 0.717) is 19.4 Å². The van der Waals surface area contributed by atoms with E-state index in [9.17, 15) is 9.59 Å². The summed E-state index contributed by atoms with van der Waals surface area (Å²) in [4.78, 5) is 23.1. The van der Waals surface area contributed by atoms with Gasteiger partial charge in [-0.2, -0.15) is 0 Å². The molecule has 3 nitrogen and oxygen atoms in total. The maximum atomic E-state index is 12.0. The number of hydrogen-bond acceptors (Lipinski definition) is 3. The molecule has 1 rings (SSSR count). The van der Waals surface area contributed by atoms with Crippen LogP contribution in [0.2, 0.25) is 0 Å². The van der Waals surface area contributed by atoms with Crippen molar-refractivity contribution >= 4 is 34.3 Å². The molecule has 0 radical (unpaired) electrons. The van der Waals surface area contributed by atoms with Crippen LogP contribution in [0.15, 0.2) is 24.3 Å². The summed E-state index contributed by atoms with van der Waals surface area (Å²) >= 11 is 2.19. The van der Waals surface area contributed by atoms with Gasteiger partial charge in [0.05, 0.1) is 6.61 Å². The van der Waals surface area contributed by atoms with Gasteiger partial charge in [-0.25, -0.2) is 0 Å². The standard InChI is InChI=1S/C16H21IO3/c1-2-20-16(19)12-6-4-3-5-11-15(18)13-9-7-8-10-14(13)17/h7-10H,2-6,11-12H2,1H3. The molecule has 0 spiro atoms. The molecule has 0 aliphatic carbocycles. The van der Waals surface area contributed by atoms with E-state index in [2.05, 4.69) is 22.6 Å². The molecule has 20 heavy (non-hydrogen) atoms. The summed E-state index contributed by atoms with van der Waals surface area (Å²) in [5.41, 5.74) is 0.819. The summed E-state index contributed by atoms with van der Waals surface area (Å²) in [5.74, 6) is 0.0859. The third kappa shape index (κ3) is 6.50. The highest BCUT2D eigenvalue weighted by atomic mass is 127. The average molecular weight is 388 g/mol. The second-order valence-electron chi connectivity index (χ2n) is 4.62. The van der Waals surface area contributed by atoms with Gasteiger partial charge in [-0.1, -0.05) is 31.0 Å². The van der Waals surface area contributed by atoms with Crippen LogP contribution in [0.3, 0.4) is 0 Å². The Balaban J connectivity index is 2.14. The molecule has 4 heteroatoms. The SMILES string of the molecule is CCOC(=O)CCCCCCC(=O)c1ccccc1I. The fourth-order valence-corrected chi connectivity index (χ4v) is 2.65. The van der Waals surface area contributed by atoms with Gasteiger partial charge in [0.15, 0.2) is 5.78 Å². The van der Waals surface area contributed by atoms with Crippen LogP contribution in [0.25, 0.3) is 0 Å². The van der Waals surface area contributed by atoms with Crippen molar-refractivity contribution in [3.63, 3.8) is 0 Å². The lowest BCUT2D eigenvalue weighted by Gasteiger charge is -2.04. The Morgan fingerprint density at radius 2 is 1.70 bits per heavy atom. The minimum atomic E-state index is -0.123. The van der Waals surface area contributed by atoms with Crippen LogP contribution < -0.4 is 0 Å². The van der Waals surface area contributed by atoms with Crippen molar-refractivity contribution in [3.05, 3.63) is 33.4 Å². The molecule has 110 valence electrons. The minimum Gasteiger partial charge on any atom is -0.466 e. The van der Waals surface area contributed by atoms with Crippen molar-refractivity contribution in [2.45, 2.75) is 45.4 Å². The lowest BCUT2D eigenvalue weighted by atomic mass is 10.0. The Labute approximate surface area is 134 Å². The van der Waals surface area contributed by atoms with Crippen molar-refractivity contribution in [1.82, 2.24) is 0 Å². The average Bonchev–Trinajstić information content (AvgIpc) is 2.43. The topological polar surface area (TPSA) is 43.4 Å². The van der Waals surface area contributed by atoms with E-state index in [0.717, 1.165) is 34.8 Å². The molecule has 0 amide bonds. The molecule has 0 N–H and O–H groups in total. The normalized spacial score (nSPS) is 10.3. The molecule has 0 saturated heterocycles. The lowest BCUT2D eigenvalue weighted by Crippen LogP contribution is -2.03. The van der Waals surface area contributed by atoms with Gasteiger partial charge in [0.2, 0.25) is 0 Å². The quantitative estimate of drug-likeness (QED) is 0.273. The zero-order valence-electron chi connectivity index (χ0n) is 11.9. The third-order valence-corrected chi connectivity index (χ3v) is 3.96. The number of benzene rings is 1. The van der Waals surface area contributed by atoms with Gasteiger partial charge in [-0.15, -0.1) is 0 Å². The molecule has 0 saturated carbocycles. The summed E-state index contributed by atoms with van der Waals surface area (Å²) in [6.45, 7) is 2.26. The summed E-state index contributed by atoms with van der Waals surface area (Å²) in [6.07, 6.45) is 4.74. The molecule has 0 fully saturated rings. The van der Waals surface area contributed by atoms with Crippen molar-refractivity contribution < 1.29 is 14.3 Å². The first kappa shape index (κ1) is 17.1. The van der Waals surface area contributed by atoms with Gasteiger partial charge < -0.3 is 4.74 Å². The number of Topliss-reactive ketones (excluding diaryl/α,β-unsaturated/α-hetero) is 1. The maximum absolute atomic E-state index is 12.0. The second-order valence-corrected chi connectivity index (χ2v) is 5.78. The van der Waals surface area contributed by atoms with Crippen LogP contribution in [0.4, 0.5) is 0 Å². The second kappa shape index (κ2) is 9.91. The molecular weight excluding hydrogens is 367 g/mol. The smallest absolute Gasteiger partial charge is 0.305 e. The number of unbranched alkanes of at least 4 members (excludes halogenated alkanes) is 3. The van der Waals surface area contributed by atoms with E-state index in [-0.39, 0.29) is 11.8 Å². The van der Waals surface area contributed by atoms with E-state index >= 15 is 0 Å². The fourth-order valence-electron chi connectivity index (χ4n) is 1.96. The molecule has 0 aromatic heterocycles. The maximum Gasteiger partial charge on any atom is 0.305 e. The first-order chi connectivity index (χ1) is 9.65. The minimum absolute atomic E-state index is 0.123. The summed E-state index contributed by atoms with van der Waals surface area (Å²) in [7, 11) is 0. The highest BCUT2D eigenvalue weighted by Crippen LogP contribution is 2.15. The zero-order chi connectivity index (χ0) is 14.8. The van der Waals surface area contributed by atoms with Gasteiger partial charge >= 0.3 is 5.97 Å². The molecule has 0 atom stereocenters. The Hall–Kier alpha value is -0.910. The van der Waals surface area contributed by atoms with Gasteiger partial charge in [0, 0.05) is 22.0 Å². The number of carbonyl (C=O) groups excluding carboxylic acids is 2. The first-order valence-electron chi connectivity index (χ1n) is 7.08. The van der Waals surface area contributed by atoms with Crippen LogP contribution in [0.1, 0.15) is 55.8 Å². The van der Waals surface area contributed by atoms with E-state index < -0.39 is 0 Å². The van der Waals surface area contributed by atoms with Gasteiger partial charge in [-0.3, -0.25) is 9.59 Å². The number of ether oxygens (including phenoxy) is 1. The zero-order valence-corrected chi connectivity index (χ0v) is 14.0. The predicted octanol–water partition coefficient (Wildman–Crippen LogP) is 4.38. The van der Waals surface area contributed by atoms with Gasteiger partial charge in [0.25, 0.3) is 0 Å². The Morgan fingerprint density at radius 1 is 1.05 bits per heavy atom. The van der Waals surface area contributed by atoms with Crippen LogP contribution >= 0.6 is 22.6 Å². The van der Waals surface area contributed by atoms with Crippen LogP contribution in [-0.2, 0) is 9.53 Å². The van der Waals surface area contributed by atoms with Crippen molar-refractivity contribution in [2.24, 2.45) is 0 Å². The summed E-state index contributed by atoms with van der Waals surface area (Å²) < 4.78 is 5.88. The van der Waals surface area contributed by atoms with Gasteiger partial charge in [0.1, 0.15) is 0 Å². The Kier molecular flexibility index (Phi) is 8.49. The van der Waals surface area contributed by atoms with E-state index in [1.807, 2.05) is 31.2 Å². The molecule has 0 heterocycles. The van der Waals surface area contributed by atoms with Crippen LogP contribution in [-0.4, -0.2) is 18.4 Å². The third-order valence-electron chi connectivity index (χ3n) is 3.01.